The van der Waals surface area contributed by atoms with Crippen LogP contribution in [0, 0.1) is 0 Å². The van der Waals surface area contributed by atoms with E-state index in [1.54, 1.807) is 0 Å². The minimum atomic E-state index is -0.343. The molecule has 0 aliphatic carbocycles. The van der Waals surface area contributed by atoms with E-state index in [9.17, 15) is 4.79 Å². The minimum Gasteiger partial charge on any atom is -0.493 e. The maximum Gasteiger partial charge on any atom is 0.152 e. The Morgan fingerprint density at radius 1 is 1.40 bits per heavy atom. The van der Waals surface area contributed by atoms with Gasteiger partial charge in [-0.05, 0) is 18.6 Å². The van der Waals surface area contributed by atoms with Crippen molar-refractivity contribution in [3.63, 3.8) is 0 Å². The van der Waals surface area contributed by atoms with E-state index in [0.29, 0.717) is 19.4 Å². The van der Waals surface area contributed by atoms with Gasteiger partial charge in [0.2, 0.25) is 0 Å². The first-order valence-corrected chi connectivity index (χ1v) is 5.20. The fraction of sp³-hybridized carbons (Fsp3) is 0.417. The van der Waals surface area contributed by atoms with Crippen molar-refractivity contribution < 1.29 is 9.53 Å². The van der Waals surface area contributed by atoms with Gasteiger partial charge < -0.3 is 10.5 Å². The third-order valence-corrected chi connectivity index (χ3v) is 2.21. The lowest BCUT2D eigenvalue weighted by Gasteiger charge is -2.08. The van der Waals surface area contributed by atoms with Gasteiger partial charge >= 0.3 is 0 Å². The van der Waals surface area contributed by atoms with Gasteiger partial charge in [0.25, 0.3) is 0 Å². The lowest BCUT2D eigenvalue weighted by atomic mass is 10.1. The standard InChI is InChI=1S/C12H17NO2/c1-2-11(13)12(14)8-9-15-10-6-4-3-5-7-10/h3-7,11H,2,8-9,13H2,1H3. The number of hydrogen-bond acceptors (Lipinski definition) is 3. The number of hydrogen-bond donors (Lipinski definition) is 1. The predicted octanol–water partition coefficient (Wildman–Crippen LogP) is 1.76. The molecular weight excluding hydrogens is 190 g/mol. The van der Waals surface area contributed by atoms with Crippen molar-refractivity contribution in [2.24, 2.45) is 5.73 Å². The number of benzene rings is 1. The van der Waals surface area contributed by atoms with Gasteiger partial charge in [0.05, 0.1) is 12.6 Å². The second kappa shape index (κ2) is 6.19. The lowest BCUT2D eigenvalue weighted by molar-refractivity contribution is -0.120. The molecule has 0 aliphatic rings. The highest BCUT2D eigenvalue weighted by atomic mass is 16.5. The van der Waals surface area contributed by atoms with Crippen LogP contribution in [0.3, 0.4) is 0 Å². The summed E-state index contributed by atoms with van der Waals surface area (Å²) in [5.74, 6) is 0.851. The van der Waals surface area contributed by atoms with Crippen molar-refractivity contribution in [2.45, 2.75) is 25.8 Å². The molecule has 0 amide bonds. The Labute approximate surface area is 90.2 Å². The Morgan fingerprint density at radius 2 is 2.07 bits per heavy atom. The van der Waals surface area contributed by atoms with Gasteiger partial charge in [-0.25, -0.2) is 0 Å². The van der Waals surface area contributed by atoms with Gasteiger partial charge in [0, 0.05) is 6.42 Å². The van der Waals surface area contributed by atoms with Crippen molar-refractivity contribution >= 4 is 5.78 Å². The van der Waals surface area contributed by atoms with E-state index in [2.05, 4.69) is 0 Å². The summed E-state index contributed by atoms with van der Waals surface area (Å²) in [4.78, 5) is 11.4. The van der Waals surface area contributed by atoms with Crippen molar-refractivity contribution in [1.82, 2.24) is 0 Å². The molecule has 3 nitrogen and oxygen atoms in total. The molecule has 0 radical (unpaired) electrons. The average molecular weight is 207 g/mol. The first-order chi connectivity index (χ1) is 7.24. The van der Waals surface area contributed by atoms with E-state index in [1.165, 1.54) is 0 Å². The van der Waals surface area contributed by atoms with Crippen LogP contribution in [-0.2, 0) is 4.79 Å². The molecule has 0 bridgehead atoms. The molecule has 0 heterocycles. The highest BCUT2D eigenvalue weighted by Crippen LogP contribution is 2.08. The van der Waals surface area contributed by atoms with Crippen LogP contribution in [-0.4, -0.2) is 18.4 Å². The third-order valence-electron chi connectivity index (χ3n) is 2.21. The van der Waals surface area contributed by atoms with Crippen LogP contribution in [0.4, 0.5) is 0 Å². The number of carbonyl (C=O) groups excluding carboxylic acids is 1. The number of nitrogens with two attached hydrogens (primary N) is 1. The Balaban J connectivity index is 2.25. The van der Waals surface area contributed by atoms with E-state index < -0.39 is 0 Å². The molecule has 0 fully saturated rings. The van der Waals surface area contributed by atoms with E-state index in [1.807, 2.05) is 37.3 Å². The Kier molecular flexibility index (Phi) is 4.84. The summed E-state index contributed by atoms with van der Waals surface area (Å²) in [6, 6.07) is 9.10. The highest BCUT2D eigenvalue weighted by Gasteiger charge is 2.10. The topological polar surface area (TPSA) is 52.3 Å². The van der Waals surface area contributed by atoms with Crippen LogP contribution < -0.4 is 10.5 Å². The largest absolute Gasteiger partial charge is 0.493 e. The summed E-state index contributed by atoms with van der Waals surface area (Å²) < 4.78 is 5.39. The molecule has 1 atom stereocenters. The zero-order valence-corrected chi connectivity index (χ0v) is 8.98. The first kappa shape index (κ1) is 11.7. The van der Waals surface area contributed by atoms with Gasteiger partial charge in [-0.2, -0.15) is 0 Å². The van der Waals surface area contributed by atoms with Crippen LogP contribution in [0.1, 0.15) is 19.8 Å². The van der Waals surface area contributed by atoms with E-state index in [4.69, 9.17) is 10.5 Å². The molecule has 1 aromatic rings. The van der Waals surface area contributed by atoms with Crippen LogP contribution in [0.15, 0.2) is 30.3 Å². The molecule has 2 N–H and O–H groups in total. The molecule has 1 aromatic carbocycles. The predicted molar refractivity (Wildman–Crippen MR) is 59.8 cm³/mol. The molecule has 1 rings (SSSR count). The van der Waals surface area contributed by atoms with Gasteiger partial charge in [0.1, 0.15) is 5.75 Å². The zero-order chi connectivity index (χ0) is 11.1. The lowest BCUT2D eigenvalue weighted by Crippen LogP contribution is -2.30. The Bertz CT molecular complexity index is 298. The number of ether oxygens (including phenoxy) is 1. The molecule has 15 heavy (non-hydrogen) atoms. The molecule has 0 aromatic heterocycles. The Morgan fingerprint density at radius 3 is 2.67 bits per heavy atom. The number of carbonyl (C=O) groups is 1. The molecule has 3 heteroatoms. The van der Waals surface area contributed by atoms with E-state index in [0.717, 1.165) is 5.75 Å². The minimum absolute atomic E-state index is 0.0634. The van der Waals surface area contributed by atoms with Crippen molar-refractivity contribution in [3.8, 4) is 5.75 Å². The van der Waals surface area contributed by atoms with Crippen molar-refractivity contribution in [1.29, 1.82) is 0 Å². The molecular formula is C12H17NO2. The van der Waals surface area contributed by atoms with Crippen LogP contribution in [0.2, 0.25) is 0 Å². The van der Waals surface area contributed by atoms with Crippen molar-refractivity contribution in [3.05, 3.63) is 30.3 Å². The molecule has 0 spiro atoms. The molecule has 0 saturated carbocycles. The highest BCUT2D eigenvalue weighted by molar-refractivity contribution is 5.83. The van der Waals surface area contributed by atoms with E-state index >= 15 is 0 Å². The summed E-state index contributed by atoms with van der Waals surface area (Å²) >= 11 is 0. The number of Topliss-reactive ketones (excluding diaryl/α,β-unsaturated/α-hetero) is 1. The molecule has 0 aliphatic heterocycles. The fourth-order valence-corrected chi connectivity index (χ4v) is 1.20. The summed E-state index contributed by atoms with van der Waals surface area (Å²) in [6.07, 6.45) is 1.06. The normalized spacial score (nSPS) is 12.1. The second-order valence-corrected chi connectivity index (χ2v) is 3.39. The maximum absolute atomic E-state index is 11.4. The molecule has 0 saturated heterocycles. The third kappa shape index (κ3) is 4.13. The van der Waals surface area contributed by atoms with Crippen molar-refractivity contribution in [2.75, 3.05) is 6.61 Å². The second-order valence-electron chi connectivity index (χ2n) is 3.39. The quantitative estimate of drug-likeness (QED) is 0.773. The first-order valence-electron chi connectivity index (χ1n) is 5.20. The summed E-state index contributed by atoms with van der Waals surface area (Å²) in [5, 5.41) is 0. The van der Waals surface area contributed by atoms with Gasteiger partial charge in [0.15, 0.2) is 5.78 Å². The smallest absolute Gasteiger partial charge is 0.152 e. The summed E-state index contributed by atoms with van der Waals surface area (Å²) in [6.45, 7) is 2.30. The number of ketones is 1. The SMILES string of the molecule is CCC(N)C(=O)CCOc1ccccc1. The fourth-order valence-electron chi connectivity index (χ4n) is 1.20. The summed E-state index contributed by atoms with van der Waals surface area (Å²) in [7, 11) is 0. The zero-order valence-electron chi connectivity index (χ0n) is 8.98. The van der Waals surface area contributed by atoms with Gasteiger partial charge in [-0.15, -0.1) is 0 Å². The average Bonchev–Trinajstić information content (AvgIpc) is 2.29. The molecule has 82 valence electrons. The monoisotopic (exact) mass is 207 g/mol. The van der Waals surface area contributed by atoms with Crippen LogP contribution >= 0.6 is 0 Å². The van der Waals surface area contributed by atoms with Crippen LogP contribution in [0.5, 0.6) is 5.75 Å². The summed E-state index contributed by atoms with van der Waals surface area (Å²) in [5.41, 5.74) is 5.59. The van der Waals surface area contributed by atoms with E-state index in [-0.39, 0.29) is 11.8 Å². The van der Waals surface area contributed by atoms with Gasteiger partial charge in [-0.1, -0.05) is 25.1 Å². The van der Waals surface area contributed by atoms with Gasteiger partial charge in [-0.3, -0.25) is 4.79 Å². The Hall–Kier alpha value is -1.35. The number of para-hydroxylation sites is 1. The maximum atomic E-state index is 11.4. The number of rotatable bonds is 6. The van der Waals surface area contributed by atoms with Crippen LogP contribution in [0.25, 0.3) is 0 Å². The molecule has 1 unspecified atom stereocenters.